The molecule has 0 fully saturated rings. The van der Waals surface area contributed by atoms with Crippen LogP contribution in [-0.2, 0) is 4.79 Å². The largest absolute Gasteiger partial charge is 0.507 e. The quantitative estimate of drug-likeness (QED) is 0.219. The summed E-state index contributed by atoms with van der Waals surface area (Å²) >= 11 is 6.12. The monoisotopic (exact) mass is 513 g/mol. The van der Waals surface area contributed by atoms with Crippen molar-refractivity contribution in [2.75, 3.05) is 4.90 Å². The van der Waals surface area contributed by atoms with Gasteiger partial charge in [0.25, 0.3) is 5.69 Å². The molecule has 1 atom stereocenters. The van der Waals surface area contributed by atoms with Crippen molar-refractivity contribution in [3.05, 3.63) is 121 Å². The van der Waals surface area contributed by atoms with Crippen LogP contribution in [-0.4, -0.2) is 21.6 Å². The number of non-ortho nitro benzene ring substituents is 1. The van der Waals surface area contributed by atoms with Crippen LogP contribution in [0.25, 0.3) is 5.76 Å². The predicted molar refractivity (Wildman–Crippen MR) is 144 cm³/mol. The Balaban J connectivity index is 1.80. The van der Waals surface area contributed by atoms with Crippen LogP contribution in [0.15, 0.2) is 89.6 Å². The van der Waals surface area contributed by atoms with Crippen LogP contribution in [0.2, 0.25) is 5.02 Å². The van der Waals surface area contributed by atoms with Crippen molar-refractivity contribution < 1.29 is 14.8 Å². The Labute approximate surface area is 219 Å². The van der Waals surface area contributed by atoms with Crippen LogP contribution in [0.5, 0.6) is 0 Å². The summed E-state index contributed by atoms with van der Waals surface area (Å²) in [6.45, 7) is 1.94. The fraction of sp³-hybridized carbons (Fsp3) is 0.172. The zero-order valence-corrected chi connectivity index (χ0v) is 20.8. The maximum Gasteiger partial charge on any atom is 0.269 e. The lowest BCUT2D eigenvalue weighted by Crippen LogP contribution is -2.42. The van der Waals surface area contributed by atoms with Gasteiger partial charge in [-0.25, -0.2) is 0 Å². The lowest BCUT2D eigenvalue weighted by molar-refractivity contribution is -0.384. The Morgan fingerprint density at radius 3 is 2.30 bits per heavy atom. The molecule has 0 spiro atoms. The van der Waals surface area contributed by atoms with Crippen LogP contribution >= 0.6 is 11.6 Å². The first-order valence-corrected chi connectivity index (χ1v) is 12.3. The average Bonchev–Trinajstić information content (AvgIpc) is 2.89. The molecule has 1 aliphatic carbocycles. The molecule has 37 heavy (non-hydrogen) atoms. The van der Waals surface area contributed by atoms with E-state index in [4.69, 9.17) is 11.6 Å². The number of hydrogen-bond acceptors (Lipinski definition) is 5. The normalized spacial score (nSPS) is 19.1. The molecule has 2 aliphatic rings. The molecule has 3 aromatic rings. The molecular weight excluding hydrogens is 490 g/mol. The first kappa shape index (κ1) is 24.5. The van der Waals surface area contributed by atoms with E-state index < -0.39 is 10.8 Å². The number of carbonyl (C=O) groups is 1. The zero-order chi connectivity index (χ0) is 26.3. The summed E-state index contributed by atoms with van der Waals surface area (Å²) in [7, 11) is 0. The number of amidine groups is 1. The van der Waals surface area contributed by atoms with Gasteiger partial charge in [-0.1, -0.05) is 53.6 Å². The lowest BCUT2D eigenvalue weighted by Gasteiger charge is -2.41. The van der Waals surface area contributed by atoms with E-state index in [1.807, 2.05) is 19.1 Å². The number of rotatable bonds is 4. The third kappa shape index (κ3) is 4.42. The lowest BCUT2D eigenvalue weighted by atomic mass is 9.73. The Bertz CT molecular complexity index is 1470. The van der Waals surface area contributed by atoms with E-state index in [1.54, 1.807) is 53.4 Å². The van der Waals surface area contributed by atoms with Gasteiger partial charge in [0.05, 0.1) is 4.92 Å². The maximum absolute atomic E-state index is 13.5. The Hall–Kier alpha value is -4.23. The summed E-state index contributed by atoms with van der Waals surface area (Å²) in [5.74, 6) is -0.888. The van der Waals surface area contributed by atoms with Gasteiger partial charge in [-0.2, -0.15) is 0 Å². The molecule has 1 aliphatic heterocycles. The van der Waals surface area contributed by atoms with Gasteiger partial charge in [0, 0.05) is 57.6 Å². The second-order valence-corrected chi connectivity index (χ2v) is 9.64. The second-order valence-electron chi connectivity index (χ2n) is 9.21. The maximum atomic E-state index is 13.5. The van der Waals surface area contributed by atoms with E-state index in [9.17, 15) is 25.4 Å². The van der Waals surface area contributed by atoms with Gasteiger partial charge in [0.1, 0.15) is 11.6 Å². The van der Waals surface area contributed by atoms with Crippen LogP contribution in [0.4, 0.5) is 11.4 Å². The second kappa shape index (κ2) is 9.67. The molecule has 3 aromatic carbocycles. The van der Waals surface area contributed by atoms with Crippen LogP contribution < -0.4 is 4.90 Å². The molecule has 0 radical (unpaired) electrons. The number of nitro groups is 1. The van der Waals surface area contributed by atoms with E-state index in [-0.39, 0.29) is 28.6 Å². The van der Waals surface area contributed by atoms with E-state index in [2.05, 4.69) is 0 Å². The molecular formula is C29H24ClN3O4. The molecule has 0 aromatic heterocycles. The molecule has 0 bridgehead atoms. The van der Waals surface area contributed by atoms with Crippen LogP contribution in [0, 0.1) is 22.4 Å². The summed E-state index contributed by atoms with van der Waals surface area (Å²) in [6, 6.07) is 20.3. The fourth-order valence-corrected chi connectivity index (χ4v) is 5.18. The molecule has 1 heterocycles. The number of nitrogens with zero attached hydrogens (tertiary/aromatic N) is 2. The molecule has 0 saturated carbocycles. The third-order valence-electron chi connectivity index (χ3n) is 6.86. The van der Waals surface area contributed by atoms with Crippen molar-refractivity contribution in [2.24, 2.45) is 0 Å². The smallest absolute Gasteiger partial charge is 0.269 e. The van der Waals surface area contributed by atoms with E-state index in [0.29, 0.717) is 52.4 Å². The number of aryl methyl sites for hydroxylation is 1. The van der Waals surface area contributed by atoms with Gasteiger partial charge in [0.2, 0.25) is 0 Å². The highest BCUT2D eigenvalue weighted by Gasteiger charge is 2.43. The summed E-state index contributed by atoms with van der Waals surface area (Å²) in [5, 5.41) is 32.7. The Morgan fingerprint density at radius 1 is 1.03 bits per heavy atom. The predicted octanol–water partition coefficient (Wildman–Crippen LogP) is 7.11. The standard InChI is InChI=1S/C29H24ClN3O4/c1-17-5-7-19(8-6-17)28(35)27-25(18-9-13-22(14-10-18)33(36)37)26-23(3-2-4-24(26)34)32(29(27)31)21-15-11-20(30)12-16-21/h5-16,25,31,35H,2-4H2,1H3/b28-27+,31-29?. The summed E-state index contributed by atoms with van der Waals surface area (Å²) in [4.78, 5) is 26.0. The number of benzene rings is 3. The SMILES string of the molecule is Cc1ccc(/C(O)=C2\C(=N)N(c3ccc(Cl)cc3)C3=C(C(=O)CCC3)C2c2ccc([N+](=O)[O-])cc2)cc1. The van der Waals surface area contributed by atoms with Crippen molar-refractivity contribution in [1.82, 2.24) is 0 Å². The molecule has 0 saturated heterocycles. The molecule has 0 amide bonds. The first-order chi connectivity index (χ1) is 17.8. The summed E-state index contributed by atoms with van der Waals surface area (Å²) in [6.07, 6.45) is 1.57. The van der Waals surface area contributed by atoms with Gasteiger partial charge >= 0.3 is 0 Å². The molecule has 1 unspecified atom stereocenters. The number of ketones is 1. The molecule has 2 N–H and O–H groups in total. The number of hydrogen-bond donors (Lipinski definition) is 2. The van der Waals surface area contributed by atoms with E-state index in [0.717, 1.165) is 5.56 Å². The minimum absolute atomic E-state index is 0.0391. The van der Waals surface area contributed by atoms with Gasteiger partial charge in [-0.3, -0.25) is 25.2 Å². The van der Waals surface area contributed by atoms with Crippen molar-refractivity contribution in [3.8, 4) is 0 Å². The number of aliphatic hydroxyl groups excluding tert-OH is 1. The summed E-state index contributed by atoms with van der Waals surface area (Å²) < 4.78 is 0. The van der Waals surface area contributed by atoms with Crippen LogP contribution in [0.1, 0.15) is 41.9 Å². The fourth-order valence-electron chi connectivity index (χ4n) is 5.06. The van der Waals surface area contributed by atoms with Crippen molar-refractivity contribution in [3.63, 3.8) is 0 Å². The Morgan fingerprint density at radius 2 is 1.68 bits per heavy atom. The van der Waals surface area contributed by atoms with Gasteiger partial charge in [-0.05, 0) is 49.6 Å². The average molecular weight is 514 g/mol. The number of aliphatic hydroxyl groups is 1. The van der Waals surface area contributed by atoms with Gasteiger partial charge in [0.15, 0.2) is 5.78 Å². The van der Waals surface area contributed by atoms with E-state index >= 15 is 0 Å². The first-order valence-electron chi connectivity index (χ1n) is 11.9. The van der Waals surface area contributed by atoms with Crippen LogP contribution in [0.3, 0.4) is 0 Å². The number of nitrogens with one attached hydrogen (secondary N) is 1. The number of anilines is 1. The minimum atomic E-state index is -0.749. The number of Topliss-reactive ketones (excluding diaryl/α,β-unsaturated/α-hetero) is 1. The third-order valence-corrected chi connectivity index (χ3v) is 7.11. The minimum Gasteiger partial charge on any atom is -0.507 e. The Kier molecular flexibility index (Phi) is 6.39. The zero-order valence-electron chi connectivity index (χ0n) is 20.1. The summed E-state index contributed by atoms with van der Waals surface area (Å²) in [5.41, 5.74) is 4.18. The highest BCUT2D eigenvalue weighted by atomic mass is 35.5. The molecule has 8 heteroatoms. The molecule has 7 nitrogen and oxygen atoms in total. The van der Waals surface area contributed by atoms with Crippen molar-refractivity contribution >= 4 is 40.4 Å². The van der Waals surface area contributed by atoms with Gasteiger partial charge in [-0.15, -0.1) is 0 Å². The topological polar surface area (TPSA) is 108 Å². The van der Waals surface area contributed by atoms with E-state index in [1.165, 1.54) is 12.1 Å². The van der Waals surface area contributed by atoms with Gasteiger partial charge < -0.3 is 5.11 Å². The number of halogens is 1. The highest BCUT2D eigenvalue weighted by Crippen LogP contribution is 2.48. The number of nitro benzene ring substituents is 1. The number of carbonyl (C=O) groups excluding carboxylic acids is 1. The molecule has 186 valence electrons. The highest BCUT2D eigenvalue weighted by molar-refractivity contribution is 6.30. The van der Waals surface area contributed by atoms with Crippen molar-refractivity contribution in [2.45, 2.75) is 32.1 Å². The molecule has 5 rings (SSSR count). The van der Waals surface area contributed by atoms with Crippen molar-refractivity contribution in [1.29, 1.82) is 5.41 Å². The number of allylic oxidation sites excluding steroid dienone is 2.